The number of amides is 2. The van der Waals surface area contributed by atoms with Crippen LogP contribution in [0.5, 0.6) is 0 Å². The Hall–Kier alpha value is -2.17. The number of benzene rings is 1. The lowest BCUT2D eigenvalue weighted by atomic mass is 9.90. The molecule has 2 aliphatic carbocycles. The summed E-state index contributed by atoms with van der Waals surface area (Å²) in [4.78, 5) is 38.8. The molecule has 1 heterocycles. The maximum Gasteiger partial charge on any atom is 0.229 e. The Kier molecular flexibility index (Phi) is 4.32. The number of piperidine rings is 1. The zero-order valence-electron chi connectivity index (χ0n) is 14.4. The van der Waals surface area contributed by atoms with E-state index >= 15 is 0 Å². The van der Waals surface area contributed by atoms with Gasteiger partial charge in [-0.25, -0.2) is 0 Å². The SMILES string of the molecule is O=C1CCCc2ccc(NC(=O)[C@H]3CCCN(C(=O)C4CC4)C3)cc21. The molecule has 1 aromatic rings. The summed E-state index contributed by atoms with van der Waals surface area (Å²) in [6.07, 6.45) is 6.10. The minimum Gasteiger partial charge on any atom is -0.342 e. The number of anilines is 1. The van der Waals surface area contributed by atoms with Gasteiger partial charge >= 0.3 is 0 Å². The summed E-state index contributed by atoms with van der Waals surface area (Å²) < 4.78 is 0. The molecule has 0 aromatic heterocycles. The molecule has 1 N–H and O–H groups in total. The third-order valence-corrected chi connectivity index (χ3v) is 5.56. The van der Waals surface area contributed by atoms with Gasteiger partial charge in [-0.15, -0.1) is 0 Å². The number of carbonyl (C=O) groups excluding carboxylic acids is 3. The van der Waals surface area contributed by atoms with Crippen LogP contribution in [0.4, 0.5) is 5.69 Å². The highest BCUT2D eigenvalue weighted by Crippen LogP contribution is 2.33. The number of carbonyl (C=O) groups is 3. The fourth-order valence-electron chi connectivity index (χ4n) is 3.93. The molecule has 1 saturated heterocycles. The first-order chi connectivity index (χ1) is 12.1. The molecule has 1 atom stereocenters. The van der Waals surface area contributed by atoms with E-state index in [0.29, 0.717) is 18.7 Å². The molecule has 3 aliphatic rings. The lowest BCUT2D eigenvalue weighted by Gasteiger charge is -2.32. The second-order valence-electron chi connectivity index (χ2n) is 7.54. The molecule has 1 aromatic carbocycles. The van der Waals surface area contributed by atoms with E-state index in [4.69, 9.17) is 0 Å². The first-order valence-corrected chi connectivity index (χ1v) is 9.37. The predicted octanol–water partition coefficient (Wildman–Crippen LogP) is 2.79. The van der Waals surface area contributed by atoms with E-state index in [9.17, 15) is 14.4 Å². The molecular weight excluding hydrogens is 316 g/mol. The highest BCUT2D eigenvalue weighted by molar-refractivity contribution is 6.01. The smallest absolute Gasteiger partial charge is 0.229 e. The topological polar surface area (TPSA) is 66.5 Å². The first kappa shape index (κ1) is 16.3. The summed E-state index contributed by atoms with van der Waals surface area (Å²) >= 11 is 0. The quantitative estimate of drug-likeness (QED) is 0.920. The number of hydrogen-bond donors (Lipinski definition) is 1. The zero-order valence-corrected chi connectivity index (χ0v) is 14.4. The van der Waals surface area contributed by atoms with Gasteiger partial charge in [-0.3, -0.25) is 14.4 Å². The van der Waals surface area contributed by atoms with Crippen LogP contribution in [0.3, 0.4) is 0 Å². The molecule has 4 rings (SSSR count). The van der Waals surface area contributed by atoms with E-state index in [-0.39, 0.29) is 29.4 Å². The van der Waals surface area contributed by atoms with Crippen molar-refractivity contribution in [3.05, 3.63) is 29.3 Å². The molecule has 0 spiro atoms. The molecule has 0 unspecified atom stereocenters. The van der Waals surface area contributed by atoms with Crippen LogP contribution in [-0.2, 0) is 16.0 Å². The summed E-state index contributed by atoms with van der Waals surface area (Å²) in [5.74, 6) is 0.376. The Labute approximate surface area is 147 Å². The van der Waals surface area contributed by atoms with E-state index in [1.807, 2.05) is 23.1 Å². The second-order valence-corrected chi connectivity index (χ2v) is 7.54. The number of ketones is 1. The molecule has 2 fully saturated rings. The van der Waals surface area contributed by atoms with Crippen LogP contribution in [0.15, 0.2) is 18.2 Å². The Morgan fingerprint density at radius 2 is 1.88 bits per heavy atom. The van der Waals surface area contributed by atoms with E-state index in [2.05, 4.69) is 5.32 Å². The van der Waals surface area contributed by atoms with Crippen LogP contribution >= 0.6 is 0 Å². The standard InChI is InChI=1S/C20H24N2O3/c23-18-5-1-3-13-8-9-16(11-17(13)18)21-19(24)15-4-2-10-22(12-15)20(25)14-6-7-14/h8-9,11,14-15H,1-7,10,12H2,(H,21,24)/t15-/m0/s1. The summed E-state index contributed by atoms with van der Waals surface area (Å²) in [6, 6.07) is 5.64. The van der Waals surface area contributed by atoms with E-state index < -0.39 is 0 Å². The number of fused-ring (bicyclic) bond motifs is 1. The van der Waals surface area contributed by atoms with Gasteiger partial charge in [0.15, 0.2) is 5.78 Å². The van der Waals surface area contributed by atoms with Gasteiger partial charge in [-0.05, 0) is 56.2 Å². The van der Waals surface area contributed by atoms with Crippen molar-refractivity contribution in [2.24, 2.45) is 11.8 Å². The molecule has 1 aliphatic heterocycles. The molecule has 5 heteroatoms. The van der Waals surface area contributed by atoms with Gasteiger partial charge in [0.1, 0.15) is 0 Å². The Morgan fingerprint density at radius 3 is 2.68 bits per heavy atom. The van der Waals surface area contributed by atoms with Crippen molar-refractivity contribution in [3.8, 4) is 0 Å². The van der Waals surface area contributed by atoms with E-state index in [1.165, 1.54) is 0 Å². The van der Waals surface area contributed by atoms with Crippen LogP contribution in [-0.4, -0.2) is 35.6 Å². The van der Waals surface area contributed by atoms with Gasteiger partial charge in [-0.1, -0.05) is 6.07 Å². The number of nitrogens with zero attached hydrogens (tertiary/aromatic N) is 1. The van der Waals surface area contributed by atoms with Crippen LogP contribution in [0.25, 0.3) is 0 Å². The van der Waals surface area contributed by atoms with Crippen molar-refractivity contribution < 1.29 is 14.4 Å². The van der Waals surface area contributed by atoms with Gasteiger partial charge in [0.2, 0.25) is 11.8 Å². The third-order valence-electron chi connectivity index (χ3n) is 5.56. The number of nitrogens with one attached hydrogen (secondary N) is 1. The monoisotopic (exact) mass is 340 g/mol. The highest BCUT2D eigenvalue weighted by Gasteiger charge is 2.36. The average molecular weight is 340 g/mol. The second kappa shape index (κ2) is 6.62. The van der Waals surface area contributed by atoms with Crippen LogP contribution in [0, 0.1) is 11.8 Å². The zero-order chi connectivity index (χ0) is 17.4. The minimum atomic E-state index is -0.164. The molecule has 1 saturated carbocycles. The van der Waals surface area contributed by atoms with Crippen LogP contribution in [0.1, 0.15) is 54.4 Å². The highest BCUT2D eigenvalue weighted by atomic mass is 16.2. The number of likely N-dealkylation sites (tertiary alicyclic amines) is 1. The third kappa shape index (κ3) is 3.46. The summed E-state index contributed by atoms with van der Waals surface area (Å²) in [6.45, 7) is 1.29. The van der Waals surface area contributed by atoms with Crippen molar-refractivity contribution in [3.63, 3.8) is 0 Å². The minimum absolute atomic E-state index is 0.0449. The summed E-state index contributed by atoms with van der Waals surface area (Å²) in [5, 5.41) is 2.96. The van der Waals surface area contributed by atoms with E-state index in [0.717, 1.165) is 56.2 Å². The van der Waals surface area contributed by atoms with Crippen LogP contribution < -0.4 is 5.32 Å². The lowest BCUT2D eigenvalue weighted by Crippen LogP contribution is -2.44. The Morgan fingerprint density at radius 1 is 1.04 bits per heavy atom. The average Bonchev–Trinajstić information content (AvgIpc) is 3.47. The van der Waals surface area contributed by atoms with Crippen molar-refractivity contribution in [2.75, 3.05) is 18.4 Å². The van der Waals surface area contributed by atoms with Gasteiger partial charge in [-0.2, -0.15) is 0 Å². The number of Topliss-reactive ketones (excluding diaryl/α,β-unsaturated/α-hetero) is 1. The Balaban J connectivity index is 1.42. The fraction of sp³-hybridized carbons (Fsp3) is 0.550. The summed E-state index contributed by atoms with van der Waals surface area (Å²) in [5.41, 5.74) is 2.51. The number of hydrogen-bond acceptors (Lipinski definition) is 3. The maximum absolute atomic E-state index is 12.6. The number of aryl methyl sites for hydroxylation is 1. The molecule has 2 amide bonds. The number of rotatable bonds is 3. The maximum atomic E-state index is 12.6. The fourth-order valence-corrected chi connectivity index (χ4v) is 3.93. The van der Waals surface area contributed by atoms with Gasteiger partial charge in [0, 0.05) is 36.7 Å². The van der Waals surface area contributed by atoms with Crippen molar-refractivity contribution in [1.82, 2.24) is 4.90 Å². The first-order valence-electron chi connectivity index (χ1n) is 9.37. The van der Waals surface area contributed by atoms with Crippen molar-refractivity contribution in [2.45, 2.75) is 44.9 Å². The molecule has 25 heavy (non-hydrogen) atoms. The molecule has 0 radical (unpaired) electrons. The summed E-state index contributed by atoms with van der Waals surface area (Å²) in [7, 11) is 0. The molecule has 132 valence electrons. The molecule has 0 bridgehead atoms. The predicted molar refractivity (Wildman–Crippen MR) is 94.4 cm³/mol. The largest absolute Gasteiger partial charge is 0.342 e. The van der Waals surface area contributed by atoms with Gasteiger partial charge < -0.3 is 10.2 Å². The Bertz CT molecular complexity index is 724. The van der Waals surface area contributed by atoms with Crippen molar-refractivity contribution >= 4 is 23.3 Å². The molecule has 5 nitrogen and oxygen atoms in total. The van der Waals surface area contributed by atoms with Gasteiger partial charge in [0.25, 0.3) is 0 Å². The molecular formula is C20H24N2O3. The lowest BCUT2D eigenvalue weighted by molar-refractivity contribution is -0.135. The van der Waals surface area contributed by atoms with Gasteiger partial charge in [0.05, 0.1) is 5.92 Å². The van der Waals surface area contributed by atoms with Crippen molar-refractivity contribution in [1.29, 1.82) is 0 Å². The normalized spacial score (nSPS) is 23.1. The van der Waals surface area contributed by atoms with E-state index in [1.54, 1.807) is 0 Å². The van der Waals surface area contributed by atoms with Crippen LogP contribution in [0.2, 0.25) is 0 Å².